The van der Waals surface area contributed by atoms with Gasteiger partial charge in [-0.25, -0.2) is 4.98 Å². The Balaban J connectivity index is 2.30. The fourth-order valence-corrected chi connectivity index (χ4v) is 3.63. The molecule has 0 aliphatic carbocycles. The molecule has 3 aromatic heterocycles. The van der Waals surface area contributed by atoms with Crippen molar-refractivity contribution in [1.82, 2.24) is 9.38 Å². The summed E-state index contributed by atoms with van der Waals surface area (Å²) in [6, 6.07) is 7.86. The number of hydrogen-bond acceptors (Lipinski definition) is 3. The van der Waals surface area contributed by atoms with E-state index in [1.54, 1.807) is 0 Å². The van der Waals surface area contributed by atoms with Crippen molar-refractivity contribution < 1.29 is 0 Å². The Morgan fingerprint density at radius 1 is 1.44 bits per heavy atom. The highest BCUT2D eigenvalue weighted by molar-refractivity contribution is 9.10. The maximum absolute atomic E-state index is 6.18. The van der Waals surface area contributed by atoms with Gasteiger partial charge in [-0.3, -0.25) is 4.40 Å². The van der Waals surface area contributed by atoms with Gasteiger partial charge in [0.2, 0.25) is 0 Å². The molecule has 18 heavy (non-hydrogen) atoms. The van der Waals surface area contributed by atoms with Crippen molar-refractivity contribution in [2.45, 2.75) is 6.92 Å². The number of hydrogen-bond donors (Lipinski definition) is 1. The summed E-state index contributed by atoms with van der Waals surface area (Å²) in [7, 11) is 0. The molecule has 6 heteroatoms. The molecule has 0 spiro atoms. The number of aromatic nitrogens is 2. The number of rotatable bonds is 1. The zero-order chi connectivity index (χ0) is 12.9. The van der Waals surface area contributed by atoms with E-state index in [0.29, 0.717) is 10.2 Å². The molecule has 3 heterocycles. The van der Waals surface area contributed by atoms with Crippen LogP contribution in [0.2, 0.25) is 4.34 Å². The summed E-state index contributed by atoms with van der Waals surface area (Å²) in [5, 5.41) is 0. The van der Waals surface area contributed by atoms with Crippen LogP contribution < -0.4 is 5.73 Å². The van der Waals surface area contributed by atoms with Crippen LogP contribution in [0.3, 0.4) is 0 Å². The Kier molecular flexibility index (Phi) is 2.84. The van der Waals surface area contributed by atoms with Crippen LogP contribution in [0.25, 0.3) is 16.2 Å². The molecule has 2 N–H and O–H groups in total. The number of halogens is 2. The van der Waals surface area contributed by atoms with Crippen molar-refractivity contribution >= 4 is 50.3 Å². The van der Waals surface area contributed by atoms with Crippen molar-refractivity contribution in [2.24, 2.45) is 0 Å². The topological polar surface area (TPSA) is 43.3 Å². The lowest BCUT2D eigenvalue weighted by atomic mass is 10.3. The first-order valence-electron chi connectivity index (χ1n) is 5.26. The van der Waals surface area contributed by atoms with Gasteiger partial charge in [-0.05, 0) is 41.1 Å². The minimum absolute atomic E-state index is 0.647. The van der Waals surface area contributed by atoms with Crippen molar-refractivity contribution in [2.75, 3.05) is 5.73 Å². The van der Waals surface area contributed by atoms with Crippen LogP contribution in [0.15, 0.2) is 28.7 Å². The number of anilines is 1. The molecule has 0 saturated carbocycles. The lowest BCUT2D eigenvalue weighted by Gasteiger charge is -2.00. The normalized spacial score (nSPS) is 11.3. The largest absolute Gasteiger partial charge is 0.383 e. The molecule has 0 aliphatic rings. The van der Waals surface area contributed by atoms with Gasteiger partial charge in [-0.2, -0.15) is 0 Å². The first-order chi connectivity index (χ1) is 8.58. The van der Waals surface area contributed by atoms with Crippen LogP contribution in [-0.2, 0) is 0 Å². The Morgan fingerprint density at radius 3 is 2.83 bits per heavy atom. The molecule has 3 aromatic rings. The van der Waals surface area contributed by atoms with Crippen LogP contribution in [-0.4, -0.2) is 9.38 Å². The number of aryl methyl sites for hydroxylation is 1. The molecule has 92 valence electrons. The van der Waals surface area contributed by atoms with Gasteiger partial charge >= 0.3 is 0 Å². The quantitative estimate of drug-likeness (QED) is 0.713. The monoisotopic (exact) mass is 341 g/mol. The van der Waals surface area contributed by atoms with E-state index in [0.717, 1.165) is 26.4 Å². The molecule has 0 saturated heterocycles. The number of pyridine rings is 1. The van der Waals surface area contributed by atoms with Crippen LogP contribution in [0, 0.1) is 6.92 Å². The minimum Gasteiger partial charge on any atom is -0.383 e. The number of thiophene rings is 1. The molecular formula is C12H9BrClN3S. The summed E-state index contributed by atoms with van der Waals surface area (Å²) >= 11 is 10.9. The van der Waals surface area contributed by atoms with E-state index in [2.05, 4.69) is 20.9 Å². The average Bonchev–Trinajstić information content (AvgIpc) is 2.82. The number of nitrogens with two attached hydrogens (primary N) is 1. The summed E-state index contributed by atoms with van der Waals surface area (Å²) in [6.45, 7) is 2.01. The van der Waals surface area contributed by atoms with Gasteiger partial charge in [0.25, 0.3) is 0 Å². The first kappa shape index (κ1) is 12.0. The van der Waals surface area contributed by atoms with Crippen molar-refractivity contribution in [3.8, 4) is 10.6 Å². The Hall–Kier alpha value is -1.04. The zero-order valence-corrected chi connectivity index (χ0v) is 12.6. The second-order valence-corrected chi connectivity index (χ2v) is 6.45. The maximum Gasteiger partial charge on any atom is 0.139 e. The third-order valence-electron chi connectivity index (χ3n) is 2.75. The van der Waals surface area contributed by atoms with Gasteiger partial charge in [0.05, 0.1) is 4.88 Å². The van der Waals surface area contributed by atoms with E-state index in [1.165, 1.54) is 11.3 Å². The second kappa shape index (κ2) is 4.26. The SMILES string of the molecule is Cc1cccc2nc(-c3cc(Br)c(Cl)s3)c(N)n12. The molecule has 0 aromatic carbocycles. The summed E-state index contributed by atoms with van der Waals surface area (Å²) in [5.74, 6) is 0.647. The van der Waals surface area contributed by atoms with Gasteiger partial charge in [0.1, 0.15) is 21.5 Å². The van der Waals surface area contributed by atoms with Gasteiger partial charge in [0, 0.05) is 10.2 Å². The predicted molar refractivity (Wildman–Crippen MR) is 80.4 cm³/mol. The van der Waals surface area contributed by atoms with E-state index in [4.69, 9.17) is 17.3 Å². The smallest absolute Gasteiger partial charge is 0.139 e. The van der Waals surface area contributed by atoms with E-state index < -0.39 is 0 Å². The van der Waals surface area contributed by atoms with Crippen LogP contribution in [0.1, 0.15) is 5.69 Å². The molecule has 0 fully saturated rings. The standard InChI is InChI=1S/C12H9BrClN3S/c1-6-3-2-4-9-16-10(12(15)17(6)9)8-5-7(13)11(14)18-8/h2-5H,15H2,1H3. The number of nitrogens with zero attached hydrogens (tertiary/aromatic N) is 2. The van der Waals surface area contributed by atoms with Crippen LogP contribution >= 0.6 is 38.9 Å². The van der Waals surface area contributed by atoms with Crippen molar-refractivity contribution in [3.63, 3.8) is 0 Å². The fraction of sp³-hybridized carbons (Fsp3) is 0.0833. The molecule has 3 rings (SSSR count). The number of fused-ring (bicyclic) bond motifs is 1. The molecule has 0 unspecified atom stereocenters. The molecule has 3 nitrogen and oxygen atoms in total. The Bertz CT molecular complexity index is 728. The lowest BCUT2D eigenvalue weighted by molar-refractivity contribution is 1.10. The van der Waals surface area contributed by atoms with Gasteiger partial charge in [0.15, 0.2) is 0 Å². The number of imidazole rings is 1. The minimum atomic E-state index is 0.647. The van der Waals surface area contributed by atoms with Gasteiger partial charge in [-0.15, -0.1) is 11.3 Å². The third kappa shape index (κ3) is 1.74. The van der Waals surface area contributed by atoms with E-state index in [-0.39, 0.29) is 0 Å². The van der Waals surface area contributed by atoms with Crippen molar-refractivity contribution in [3.05, 3.63) is 38.8 Å². The highest BCUT2D eigenvalue weighted by atomic mass is 79.9. The molecule has 0 amide bonds. The van der Waals surface area contributed by atoms with Crippen LogP contribution in [0.4, 0.5) is 5.82 Å². The molecular weight excluding hydrogens is 334 g/mol. The first-order valence-corrected chi connectivity index (χ1v) is 7.25. The molecule has 0 radical (unpaired) electrons. The highest BCUT2D eigenvalue weighted by Gasteiger charge is 2.15. The second-order valence-electron chi connectivity index (χ2n) is 3.94. The van der Waals surface area contributed by atoms with Gasteiger partial charge < -0.3 is 5.73 Å². The lowest BCUT2D eigenvalue weighted by Crippen LogP contribution is -1.96. The van der Waals surface area contributed by atoms with Gasteiger partial charge in [-0.1, -0.05) is 17.7 Å². The third-order valence-corrected chi connectivity index (χ3v) is 5.23. The maximum atomic E-state index is 6.18. The summed E-state index contributed by atoms with van der Waals surface area (Å²) < 4.78 is 3.52. The molecule has 0 bridgehead atoms. The summed E-state index contributed by atoms with van der Waals surface area (Å²) in [4.78, 5) is 5.53. The average molecular weight is 343 g/mol. The Morgan fingerprint density at radius 2 is 2.22 bits per heavy atom. The zero-order valence-electron chi connectivity index (χ0n) is 9.45. The Labute approximate surface area is 121 Å². The highest BCUT2D eigenvalue weighted by Crippen LogP contribution is 2.39. The molecule has 0 atom stereocenters. The molecule has 0 aliphatic heterocycles. The van der Waals surface area contributed by atoms with E-state index >= 15 is 0 Å². The number of nitrogen functional groups attached to an aromatic ring is 1. The summed E-state index contributed by atoms with van der Waals surface area (Å²) in [6.07, 6.45) is 0. The summed E-state index contributed by atoms with van der Waals surface area (Å²) in [5.41, 5.74) is 8.87. The predicted octanol–water partition coefficient (Wildman–Crippen LogP) is 4.37. The van der Waals surface area contributed by atoms with E-state index in [9.17, 15) is 0 Å². The van der Waals surface area contributed by atoms with E-state index in [1.807, 2.05) is 35.6 Å². The fourth-order valence-electron chi connectivity index (χ4n) is 1.93. The van der Waals surface area contributed by atoms with Crippen LogP contribution in [0.5, 0.6) is 0 Å². The van der Waals surface area contributed by atoms with Crippen molar-refractivity contribution in [1.29, 1.82) is 0 Å².